The molecule has 0 aliphatic carbocycles. The van der Waals surface area contributed by atoms with Crippen molar-refractivity contribution in [1.29, 1.82) is 0 Å². The summed E-state index contributed by atoms with van der Waals surface area (Å²) in [5.41, 5.74) is 1.52. The second-order valence-corrected chi connectivity index (χ2v) is 5.71. The van der Waals surface area contributed by atoms with Gasteiger partial charge in [0.25, 0.3) is 0 Å². The molecule has 2 aromatic heterocycles. The number of aromatic nitrogens is 3. The Hall–Kier alpha value is -1.86. The van der Waals surface area contributed by atoms with Gasteiger partial charge in [-0.2, -0.15) is 0 Å². The molecule has 0 aliphatic rings. The lowest BCUT2D eigenvalue weighted by molar-refractivity contribution is 0.0477. The molecule has 0 saturated heterocycles. The summed E-state index contributed by atoms with van der Waals surface area (Å²) in [5, 5.41) is 4.56. The zero-order chi connectivity index (χ0) is 13.2. The number of benzene rings is 1. The third-order valence-corrected chi connectivity index (χ3v) is 4.32. The van der Waals surface area contributed by atoms with Gasteiger partial charge in [0, 0.05) is 0 Å². The fraction of sp³-hybridized carbons (Fsp3) is 0.167. The molecule has 0 atom stereocenters. The summed E-state index contributed by atoms with van der Waals surface area (Å²) in [6, 6.07) is 7.83. The molecule has 0 bridgehead atoms. The molecule has 96 valence electrons. The van der Waals surface area contributed by atoms with E-state index in [1.54, 1.807) is 6.92 Å². The Balaban J connectivity index is 1.72. The molecule has 7 heteroatoms. The quantitative estimate of drug-likeness (QED) is 0.694. The molecule has 5 nitrogen and oxygen atoms in total. The Kier molecular flexibility index (Phi) is 3.22. The van der Waals surface area contributed by atoms with Crippen molar-refractivity contribution in [3.8, 4) is 0 Å². The Labute approximate surface area is 117 Å². The summed E-state index contributed by atoms with van der Waals surface area (Å²) < 4.78 is 10.0. The van der Waals surface area contributed by atoms with E-state index in [2.05, 4.69) is 14.6 Å². The molecular formula is C12H9N3O2S2. The van der Waals surface area contributed by atoms with E-state index in [4.69, 9.17) is 4.74 Å². The monoisotopic (exact) mass is 291 g/mol. The highest BCUT2D eigenvalue weighted by atomic mass is 32.1. The van der Waals surface area contributed by atoms with Crippen molar-refractivity contribution in [2.24, 2.45) is 0 Å². The second kappa shape index (κ2) is 5.02. The molecule has 0 unspecified atom stereocenters. The van der Waals surface area contributed by atoms with Crippen LogP contribution in [0.25, 0.3) is 10.2 Å². The number of fused-ring (bicyclic) bond motifs is 1. The van der Waals surface area contributed by atoms with Crippen LogP contribution < -0.4 is 0 Å². The van der Waals surface area contributed by atoms with Crippen LogP contribution in [0.2, 0.25) is 0 Å². The van der Waals surface area contributed by atoms with E-state index in [-0.39, 0.29) is 6.61 Å². The fourth-order valence-corrected chi connectivity index (χ4v) is 3.03. The average molecular weight is 291 g/mol. The van der Waals surface area contributed by atoms with Crippen LogP contribution >= 0.6 is 22.9 Å². The molecule has 0 N–H and O–H groups in total. The van der Waals surface area contributed by atoms with E-state index in [1.807, 2.05) is 24.3 Å². The lowest BCUT2D eigenvalue weighted by atomic mass is 10.3. The van der Waals surface area contributed by atoms with Crippen LogP contribution in [0.15, 0.2) is 24.3 Å². The van der Waals surface area contributed by atoms with Gasteiger partial charge in [-0.3, -0.25) is 0 Å². The number of aryl methyl sites for hydroxylation is 1. The number of hydrogen-bond donors (Lipinski definition) is 0. The highest BCUT2D eigenvalue weighted by Crippen LogP contribution is 2.22. The van der Waals surface area contributed by atoms with Crippen molar-refractivity contribution in [2.45, 2.75) is 13.5 Å². The minimum Gasteiger partial charge on any atom is -0.454 e. The van der Waals surface area contributed by atoms with Crippen LogP contribution in [-0.4, -0.2) is 20.5 Å². The SMILES string of the molecule is Cc1nnsc1C(=O)OCc1nc2ccccc2s1. The number of para-hydroxylation sites is 1. The molecule has 3 aromatic rings. The summed E-state index contributed by atoms with van der Waals surface area (Å²) >= 11 is 2.57. The molecule has 2 heterocycles. The molecule has 1 aromatic carbocycles. The lowest BCUT2D eigenvalue weighted by Crippen LogP contribution is -2.04. The first-order valence-electron chi connectivity index (χ1n) is 5.54. The van der Waals surface area contributed by atoms with Crippen molar-refractivity contribution in [3.63, 3.8) is 0 Å². The van der Waals surface area contributed by atoms with Crippen molar-refractivity contribution in [2.75, 3.05) is 0 Å². The number of carbonyl (C=O) groups is 1. The predicted molar refractivity (Wildman–Crippen MR) is 73.4 cm³/mol. The van der Waals surface area contributed by atoms with Gasteiger partial charge in [-0.25, -0.2) is 9.78 Å². The topological polar surface area (TPSA) is 65.0 Å². The van der Waals surface area contributed by atoms with E-state index in [9.17, 15) is 4.79 Å². The highest BCUT2D eigenvalue weighted by molar-refractivity contribution is 7.18. The van der Waals surface area contributed by atoms with Gasteiger partial charge in [0.2, 0.25) is 0 Å². The first-order chi connectivity index (χ1) is 9.24. The van der Waals surface area contributed by atoms with E-state index >= 15 is 0 Å². The largest absolute Gasteiger partial charge is 0.454 e. The predicted octanol–water partition coefficient (Wildman–Crippen LogP) is 2.81. The maximum atomic E-state index is 11.8. The maximum Gasteiger partial charge on any atom is 0.352 e. The number of ether oxygens (including phenoxy) is 1. The summed E-state index contributed by atoms with van der Waals surface area (Å²) in [5.74, 6) is -0.397. The summed E-state index contributed by atoms with van der Waals surface area (Å²) in [7, 11) is 0. The van der Waals surface area contributed by atoms with Crippen LogP contribution in [0.5, 0.6) is 0 Å². The van der Waals surface area contributed by atoms with Crippen molar-refractivity contribution in [1.82, 2.24) is 14.6 Å². The zero-order valence-electron chi connectivity index (χ0n) is 9.99. The third-order valence-electron chi connectivity index (χ3n) is 2.50. The van der Waals surface area contributed by atoms with E-state index < -0.39 is 5.97 Å². The number of thiazole rings is 1. The smallest absolute Gasteiger partial charge is 0.352 e. The van der Waals surface area contributed by atoms with Crippen LogP contribution in [0.1, 0.15) is 20.4 Å². The standard InChI is InChI=1S/C12H9N3O2S2/c1-7-11(19-15-14-7)12(16)17-6-10-13-8-4-2-3-5-9(8)18-10/h2-5H,6H2,1H3. The Bertz CT molecular complexity index is 702. The van der Waals surface area contributed by atoms with Crippen molar-refractivity contribution < 1.29 is 9.53 Å². The van der Waals surface area contributed by atoms with Gasteiger partial charge in [0.05, 0.1) is 15.9 Å². The normalized spacial score (nSPS) is 10.8. The van der Waals surface area contributed by atoms with Gasteiger partial charge >= 0.3 is 5.97 Å². The summed E-state index contributed by atoms with van der Waals surface area (Å²) in [6.45, 7) is 1.91. The molecule has 0 amide bonds. The number of rotatable bonds is 3. The molecule has 19 heavy (non-hydrogen) atoms. The lowest BCUT2D eigenvalue weighted by Gasteiger charge is -1.99. The van der Waals surface area contributed by atoms with Gasteiger partial charge in [0.15, 0.2) is 4.88 Å². The minimum atomic E-state index is -0.397. The van der Waals surface area contributed by atoms with Gasteiger partial charge in [0.1, 0.15) is 11.6 Å². The number of hydrogen-bond acceptors (Lipinski definition) is 7. The van der Waals surface area contributed by atoms with Crippen molar-refractivity contribution in [3.05, 3.63) is 39.8 Å². The molecule has 3 rings (SSSR count). The maximum absolute atomic E-state index is 11.8. The Morgan fingerprint density at radius 2 is 2.21 bits per heavy atom. The number of nitrogens with zero attached hydrogens (tertiary/aromatic N) is 3. The zero-order valence-corrected chi connectivity index (χ0v) is 11.6. The third kappa shape index (κ3) is 2.47. The Morgan fingerprint density at radius 3 is 2.95 bits per heavy atom. The van der Waals surface area contributed by atoms with E-state index in [0.717, 1.165) is 26.8 Å². The minimum absolute atomic E-state index is 0.176. The number of carbonyl (C=O) groups excluding carboxylic acids is 1. The molecule has 0 aliphatic heterocycles. The van der Waals surface area contributed by atoms with Crippen LogP contribution in [0, 0.1) is 6.92 Å². The van der Waals surface area contributed by atoms with Crippen LogP contribution in [0.3, 0.4) is 0 Å². The first-order valence-corrected chi connectivity index (χ1v) is 7.13. The van der Waals surface area contributed by atoms with Gasteiger partial charge in [-0.05, 0) is 30.6 Å². The molecule has 0 spiro atoms. The molecule has 0 saturated carbocycles. The van der Waals surface area contributed by atoms with Crippen LogP contribution in [-0.2, 0) is 11.3 Å². The van der Waals surface area contributed by atoms with E-state index in [1.165, 1.54) is 11.3 Å². The molecule has 0 fully saturated rings. The first kappa shape index (κ1) is 12.2. The Morgan fingerprint density at radius 1 is 1.37 bits per heavy atom. The van der Waals surface area contributed by atoms with Gasteiger partial charge in [-0.1, -0.05) is 16.6 Å². The molecular weight excluding hydrogens is 282 g/mol. The van der Waals surface area contributed by atoms with Gasteiger partial charge in [-0.15, -0.1) is 16.4 Å². The van der Waals surface area contributed by atoms with Crippen LogP contribution in [0.4, 0.5) is 0 Å². The van der Waals surface area contributed by atoms with Gasteiger partial charge < -0.3 is 4.74 Å². The number of esters is 1. The highest BCUT2D eigenvalue weighted by Gasteiger charge is 2.15. The average Bonchev–Trinajstić information content (AvgIpc) is 3.01. The summed E-state index contributed by atoms with van der Waals surface area (Å²) in [4.78, 5) is 16.6. The van der Waals surface area contributed by atoms with Crippen molar-refractivity contribution >= 4 is 39.1 Å². The molecule has 0 radical (unpaired) electrons. The summed E-state index contributed by atoms with van der Waals surface area (Å²) in [6.07, 6.45) is 0. The van der Waals surface area contributed by atoms with E-state index in [0.29, 0.717) is 10.6 Å². The fourth-order valence-electron chi connectivity index (χ4n) is 1.59. The second-order valence-electron chi connectivity index (χ2n) is 3.84.